The summed E-state index contributed by atoms with van der Waals surface area (Å²) in [6.07, 6.45) is 3.07. The van der Waals surface area contributed by atoms with Crippen LogP contribution in [-0.4, -0.2) is 15.1 Å². The Balaban J connectivity index is 1.77. The van der Waals surface area contributed by atoms with Crippen molar-refractivity contribution in [3.05, 3.63) is 60.2 Å². The van der Waals surface area contributed by atoms with Crippen LogP contribution in [0.15, 0.2) is 53.3 Å². The van der Waals surface area contributed by atoms with Gasteiger partial charge < -0.3 is 9.26 Å². The third-order valence-corrected chi connectivity index (χ3v) is 3.03. The molecule has 1 aromatic carbocycles. The first-order valence-electron chi connectivity index (χ1n) is 6.70. The fraction of sp³-hybridized carbons (Fsp3) is 0.188. The first-order valence-corrected chi connectivity index (χ1v) is 6.70. The molecule has 106 valence electrons. The molecule has 0 spiro atoms. The molecule has 1 atom stereocenters. The molecule has 0 saturated heterocycles. The summed E-state index contributed by atoms with van der Waals surface area (Å²) in [5.41, 5.74) is 2.01. The lowest BCUT2D eigenvalue weighted by Crippen LogP contribution is -2.03. The van der Waals surface area contributed by atoms with Gasteiger partial charge in [0, 0.05) is 18.0 Å². The van der Waals surface area contributed by atoms with Crippen LogP contribution >= 0.6 is 0 Å². The standard InChI is InChI=1S/C16H15N3O2/c1-11-4-3-5-14(10-11)20-12(2)16-18-15(19-21-16)13-6-8-17-9-7-13/h3-10,12H,1-2H3. The number of hydrogen-bond donors (Lipinski definition) is 0. The number of rotatable bonds is 4. The van der Waals surface area contributed by atoms with E-state index in [1.807, 2.05) is 50.2 Å². The Hall–Kier alpha value is -2.69. The van der Waals surface area contributed by atoms with Gasteiger partial charge in [0.2, 0.25) is 5.82 Å². The second-order valence-electron chi connectivity index (χ2n) is 4.77. The summed E-state index contributed by atoms with van der Waals surface area (Å²) in [6, 6.07) is 11.5. The molecule has 2 aromatic heterocycles. The predicted molar refractivity (Wildman–Crippen MR) is 77.8 cm³/mol. The molecule has 0 radical (unpaired) electrons. The highest BCUT2D eigenvalue weighted by atomic mass is 16.5. The van der Waals surface area contributed by atoms with E-state index in [1.165, 1.54) is 0 Å². The predicted octanol–water partition coefficient (Wildman–Crippen LogP) is 3.58. The lowest BCUT2D eigenvalue weighted by Gasteiger charge is -2.10. The second kappa shape index (κ2) is 5.75. The summed E-state index contributed by atoms with van der Waals surface area (Å²) in [5.74, 6) is 1.77. The molecule has 5 heteroatoms. The Morgan fingerprint density at radius 3 is 2.71 bits per heavy atom. The van der Waals surface area contributed by atoms with Crippen molar-refractivity contribution in [3.63, 3.8) is 0 Å². The zero-order valence-electron chi connectivity index (χ0n) is 11.9. The lowest BCUT2D eigenvalue weighted by molar-refractivity contribution is 0.175. The van der Waals surface area contributed by atoms with Crippen LogP contribution in [0, 0.1) is 6.92 Å². The summed E-state index contributed by atoms with van der Waals surface area (Å²) in [6.45, 7) is 3.90. The minimum Gasteiger partial charge on any atom is -0.481 e. The molecule has 0 bridgehead atoms. The van der Waals surface area contributed by atoms with Gasteiger partial charge in [0.1, 0.15) is 5.75 Å². The van der Waals surface area contributed by atoms with Crippen molar-refractivity contribution < 1.29 is 9.26 Å². The monoisotopic (exact) mass is 281 g/mol. The third kappa shape index (κ3) is 3.08. The summed E-state index contributed by atoms with van der Waals surface area (Å²) in [4.78, 5) is 8.33. The van der Waals surface area contributed by atoms with E-state index in [9.17, 15) is 0 Å². The van der Waals surface area contributed by atoms with Gasteiger partial charge in [-0.1, -0.05) is 17.3 Å². The van der Waals surface area contributed by atoms with E-state index in [0.29, 0.717) is 11.7 Å². The molecule has 1 unspecified atom stereocenters. The Morgan fingerprint density at radius 1 is 1.14 bits per heavy atom. The molecule has 0 saturated carbocycles. The van der Waals surface area contributed by atoms with Gasteiger partial charge in [-0.2, -0.15) is 4.98 Å². The number of pyridine rings is 1. The van der Waals surface area contributed by atoms with E-state index in [2.05, 4.69) is 15.1 Å². The van der Waals surface area contributed by atoms with Crippen molar-refractivity contribution in [1.82, 2.24) is 15.1 Å². The van der Waals surface area contributed by atoms with E-state index in [0.717, 1.165) is 16.9 Å². The van der Waals surface area contributed by atoms with Crippen molar-refractivity contribution in [2.45, 2.75) is 20.0 Å². The quantitative estimate of drug-likeness (QED) is 0.731. The number of ether oxygens (including phenoxy) is 1. The molecule has 0 fully saturated rings. The number of hydrogen-bond acceptors (Lipinski definition) is 5. The maximum Gasteiger partial charge on any atom is 0.267 e. The molecule has 0 N–H and O–H groups in total. The maximum atomic E-state index is 5.82. The SMILES string of the molecule is Cc1cccc(OC(C)c2nc(-c3ccncc3)no2)c1. The molecular weight excluding hydrogens is 266 g/mol. The second-order valence-corrected chi connectivity index (χ2v) is 4.77. The van der Waals surface area contributed by atoms with Gasteiger partial charge >= 0.3 is 0 Å². The van der Waals surface area contributed by atoms with Crippen molar-refractivity contribution in [2.75, 3.05) is 0 Å². The molecule has 3 aromatic rings. The van der Waals surface area contributed by atoms with E-state index >= 15 is 0 Å². The van der Waals surface area contributed by atoms with Crippen LogP contribution in [0.3, 0.4) is 0 Å². The van der Waals surface area contributed by atoms with Gasteiger partial charge in [0.05, 0.1) is 0 Å². The number of aromatic nitrogens is 3. The zero-order chi connectivity index (χ0) is 14.7. The van der Waals surface area contributed by atoms with Gasteiger partial charge in [-0.25, -0.2) is 0 Å². The van der Waals surface area contributed by atoms with Crippen LogP contribution in [0.5, 0.6) is 5.75 Å². The highest BCUT2D eigenvalue weighted by molar-refractivity contribution is 5.52. The first kappa shape index (κ1) is 13.3. The molecular formula is C16H15N3O2. The van der Waals surface area contributed by atoms with E-state index in [1.54, 1.807) is 12.4 Å². The van der Waals surface area contributed by atoms with Crippen molar-refractivity contribution in [1.29, 1.82) is 0 Å². The normalized spacial score (nSPS) is 12.1. The summed E-state index contributed by atoms with van der Waals surface area (Å²) < 4.78 is 11.1. The third-order valence-electron chi connectivity index (χ3n) is 3.03. The van der Waals surface area contributed by atoms with Crippen LogP contribution in [0.2, 0.25) is 0 Å². The molecule has 2 heterocycles. The van der Waals surface area contributed by atoms with Gasteiger partial charge in [-0.3, -0.25) is 4.98 Å². The average Bonchev–Trinajstić information content (AvgIpc) is 2.98. The molecule has 0 aliphatic heterocycles. The van der Waals surface area contributed by atoms with Crippen LogP contribution in [-0.2, 0) is 0 Å². The van der Waals surface area contributed by atoms with Crippen LogP contribution in [0.4, 0.5) is 0 Å². The first-order chi connectivity index (χ1) is 10.2. The Labute approximate surface area is 122 Å². The minimum atomic E-state index is -0.310. The highest BCUT2D eigenvalue weighted by Crippen LogP contribution is 2.23. The number of aryl methyl sites for hydroxylation is 1. The fourth-order valence-electron chi connectivity index (χ4n) is 1.96. The lowest BCUT2D eigenvalue weighted by atomic mass is 10.2. The van der Waals surface area contributed by atoms with Gasteiger partial charge in [-0.15, -0.1) is 0 Å². The van der Waals surface area contributed by atoms with Gasteiger partial charge in [-0.05, 0) is 43.7 Å². The van der Waals surface area contributed by atoms with E-state index < -0.39 is 0 Å². The molecule has 0 amide bonds. The smallest absolute Gasteiger partial charge is 0.267 e. The Morgan fingerprint density at radius 2 is 1.95 bits per heavy atom. The van der Waals surface area contributed by atoms with Crippen LogP contribution in [0.1, 0.15) is 24.5 Å². The average molecular weight is 281 g/mol. The topological polar surface area (TPSA) is 61.0 Å². The molecule has 0 aliphatic rings. The highest BCUT2D eigenvalue weighted by Gasteiger charge is 2.16. The van der Waals surface area contributed by atoms with Crippen molar-refractivity contribution in [2.24, 2.45) is 0 Å². The largest absolute Gasteiger partial charge is 0.481 e. The minimum absolute atomic E-state index is 0.310. The summed E-state index contributed by atoms with van der Waals surface area (Å²) >= 11 is 0. The molecule has 5 nitrogen and oxygen atoms in total. The maximum absolute atomic E-state index is 5.82. The fourth-order valence-corrected chi connectivity index (χ4v) is 1.96. The van der Waals surface area contributed by atoms with E-state index in [4.69, 9.17) is 9.26 Å². The van der Waals surface area contributed by atoms with Crippen molar-refractivity contribution in [3.8, 4) is 17.1 Å². The number of nitrogens with zero attached hydrogens (tertiary/aromatic N) is 3. The van der Waals surface area contributed by atoms with Gasteiger partial charge in [0.15, 0.2) is 6.10 Å². The van der Waals surface area contributed by atoms with Crippen LogP contribution < -0.4 is 4.74 Å². The summed E-state index contributed by atoms with van der Waals surface area (Å²) in [7, 11) is 0. The molecule has 21 heavy (non-hydrogen) atoms. The summed E-state index contributed by atoms with van der Waals surface area (Å²) in [5, 5.41) is 3.97. The number of benzene rings is 1. The van der Waals surface area contributed by atoms with Crippen molar-refractivity contribution >= 4 is 0 Å². The zero-order valence-corrected chi connectivity index (χ0v) is 11.9. The Bertz CT molecular complexity index is 725. The molecule has 3 rings (SSSR count). The van der Waals surface area contributed by atoms with E-state index in [-0.39, 0.29) is 6.10 Å². The van der Waals surface area contributed by atoms with Crippen LogP contribution in [0.25, 0.3) is 11.4 Å². The molecule has 0 aliphatic carbocycles. The Kier molecular flexibility index (Phi) is 3.64. The van der Waals surface area contributed by atoms with Gasteiger partial charge in [0.25, 0.3) is 5.89 Å².